The summed E-state index contributed by atoms with van der Waals surface area (Å²) in [6.45, 7) is 16.8. The average Bonchev–Trinajstić information content (AvgIpc) is 3.02. The van der Waals surface area contributed by atoms with Gasteiger partial charge >= 0.3 is 0 Å². The van der Waals surface area contributed by atoms with Gasteiger partial charge in [0, 0.05) is 11.8 Å². The maximum absolute atomic E-state index is 12.8. The zero-order valence-corrected chi connectivity index (χ0v) is 22.3. The number of aliphatic hydroxyl groups is 1. The molecule has 1 saturated heterocycles. The number of carbonyl (C=O) groups excluding carboxylic acids is 1. The molecule has 1 unspecified atom stereocenters. The maximum Gasteiger partial charge on any atom is 0.138 e. The van der Waals surface area contributed by atoms with Crippen LogP contribution >= 0.6 is 0 Å². The summed E-state index contributed by atoms with van der Waals surface area (Å²) in [5.74, 6) is 2.96. The summed E-state index contributed by atoms with van der Waals surface area (Å²) in [5.41, 5.74) is 1.65. The fraction of sp³-hybridized carbons (Fsp3) is 0.900. The summed E-state index contributed by atoms with van der Waals surface area (Å²) in [5, 5.41) is 10.4. The van der Waals surface area contributed by atoms with Crippen molar-refractivity contribution in [2.24, 2.45) is 45.3 Å². The molecule has 0 radical (unpaired) electrons. The summed E-state index contributed by atoms with van der Waals surface area (Å²) in [4.78, 5) is 12.8. The molecule has 1 aliphatic heterocycles. The smallest absolute Gasteiger partial charge is 0.138 e. The molecule has 0 aromatic carbocycles. The molecule has 3 heteroatoms. The van der Waals surface area contributed by atoms with Gasteiger partial charge in [0.2, 0.25) is 0 Å². The van der Waals surface area contributed by atoms with Gasteiger partial charge in [0.25, 0.3) is 0 Å². The summed E-state index contributed by atoms with van der Waals surface area (Å²) < 4.78 is 6.25. The lowest BCUT2D eigenvalue weighted by atomic mass is 9.41. The van der Waals surface area contributed by atoms with Gasteiger partial charge in [-0.05, 0) is 105 Å². The first-order chi connectivity index (χ1) is 15.2. The second-order valence-electron chi connectivity index (χ2n) is 14.4. The molecule has 0 aromatic heterocycles. The Hall–Kier alpha value is -0.670. The standard InChI is InChI=1S/C30H48O3/c1-26(2)23-10-9-22-21(28(23,5)15-14-24(26)31)13-17-29(6)20(12-16-30(22,29)7)19-8-11-25(33-18-19)27(3,4)32/h13,19-20,22-23,25,32H,8-12,14-18H2,1-7H3/t19-,20-,22?,23+,25+,28+,29+,30+/m0/s1. The number of carbonyl (C=O) groups is 1. The minimum Gasteiger partial charge on any atom is -0.388 e. The minimum absolute atomic E-state index is 0.0280. The van der Waals surface area contributed by atoms with E-state index in [1.54, 1.807) is 5.57 Å². The molecule has 4 fully saturated rings. The van der Waals surface area contributed by atoms with Crippen molar-refractivity contribution in [3.05, 3.63) is 11.6 Å². The van der Waals surface area contributed by atoms with Gasteiger partial charge in [-0.3, -0.25) is 4.79 Å². The van der Waals surface area contributed by atoms with Crippen LogP contribution in [0.5, 0.6) is 0 Å². The van der Waals surface area contributed by atoms with Crippen LogP contribution in [0.3, 0.4) is 0 Å². The van der Waals surface area contributed by atoms with E-state index in [-0.39, 0.29) is 16.9 Å². The van der Waals surface area contributed by atoms with Crippen LogP contribution in [0.25, 0.3) is 0 Å². The third-order valence-corrected chi connectivity index (χ3v) is 12.3. The van der Waals surface area contributed by atoms with Gasteiger partial charge in [0.1, 0.15) is 5.78 Å². The van der Waals surface area contributed by atoms with Crippen LogP contribution in [0.15, 0.2) is 11.6 Å². The van der Waals surface area contributed by atoms with Crippen LogP contribution < -0.4 is 0 Å². The van der Waals surface area contributed by atoms with E-state index in [4.69, 9.17) is 4.74 Å². The number of allylic oxidation sites excluding steroid dienone is 2. The number of hydrogen-bond acceptors (Lipinski definition) is 3. The summed E-state index contributed by atoms with van der Waals surface area (Å²) in [6.07, 6.45) is 12.9. The molecule has 1 heterocycles. The summed E-state index contributed by atoms with van der Waals surface area (Å²) in [7, 11) is 0. The van der Waals surface area contributed by atoms with E-state index in [9.17, 15) is 9.90 Å². The van der Waals surface area contributed by atoms with Gasteiger partial charge < -0.3 is 9.84 Å². The summed E-state index contributed by atoms with van der Waals surface area (Å²) >= 11 is 0. The summed E-state index contributed by atoms with van der Waals surface area (Å²) in [6, 6.07) is 0. The Morgan fingerprint density at radius 1 is 0.970 bits per heavy atom. The molecule has 0 amide bonds. The number of fused-ring (bicyclic) bond motifs is 5. The Morgan fingerprint density at radius 2 is 1.70 bits per heavy atom. The van der Waals surface area contributed by atoms with E-state index in [0.717, 1.165) is 25.9 Å². The predicted octanol–water partition coefficient (Wildman–Crippen LogP) is 6.73. The van der Waals surface area contributed by atoms with Crippen molar-refractivity contribution < 1.29 is 14.6 Å². The zero-order chi connectivity index (χ0) is 24.0. The van der Waals surface area contributed by atoms with Crippen LogP contribution in [0.4, 0.5) is 0 Å². The molecule has 33 heavy (non-hydrogen) atoms. The number of Topliss-reactive ketones (excluding diaryl/α,β-unsaturated/α-hetero) is 1. The average molecular weight is 457 g/mol. The maximum atomic E-state index is 12.8. The van der Waals surface area contributed by atoms with Gasteiger partial charge in [0.15, 0.2) is 0 Å². The van der Waals surface area contributed by atoms with E-state index in [1.165, 1.54) is 38.5 Å². The molecule has 0 bridgehead atoms. The van der Waals surface area contributed by atoms with Crippen molar-refractivity contribution in [2.75, 3.05) is 6.61 Å². The van der Waals surface area contributed by atoms with Crippen LogP contribution in [-0.4, -0.2) is 29.2 Å². The lowest BCUT2D eigenvalue weighted by molar-refractivity contribution is -0.146. The van der Waals surface area contributed by atoms with E-state index in [1.807, 2.05) is 13.8 Å². The Balaban J connectivity index is 1.42. The zero-order valence-electron chi connectivity index (χ0n) is 22.3. The highest BCUT2D eigenvalue weighted by atomic mass is 16.5. The molecular formula is C30H48O3. The molecule has 3 saturated carbocycles. The highest BCUT2D eigenvalue weighted by Gasteiger charge is 2.65. The van der Waals surface area contributed by atoms with Gasteiger partial charge in [-0.15, -0.1) is 0 Å². The Labute approximate surface area is 202 Å². The first-order valence-electron chi connectivity index (χ1n) is 13.8. The van der Waals surface area contributed by atoms with Gasteiger partial charge in [-0.25, -0.2) is 0 Å². The van der Waals surface area contributed by atoms with Crippen LogP contribution in [0.1, 0.15) is 106 Å². The fourth-order valence-electron chi connectivity index (χ4n) is 9.97. The van der Waals surface area contributed by atoms with Gasteiger partial charge in [-0.1, -0.05) is 46.3 Å². The highest BCUT2D eigenvalue weighted by molar-refractivity contribution is 5.85. The van der Waals surface area contributed by atoms with Crippen molar-refractivity contribution in [3.8, 4) is 0 Å². The third kappa shape index (κ3) is 3.23. The van der Waals surface area contributed by atoms with Crippen molar-refractivity contribution in [1.82, 2.24) is 0 Å². The topological polar surface area (TPSA) is 46.5 Å². The number of hydrogen-bond donors (Lipinski definition) is 1. The van der Waals surface area contributed by atoms with Crippen molar-refractivity contribution in [1.29, 1.82) is 0 Å². The van der Waals surface area contributed by atoms with Gasteiger partial charge in [0.05, 0.1) is 18.3 Å². The third-order valence-electron chi connectivity index (χ3n) is 12.3. The molecule has 5 rings (SSSR count). The molecule has 3 nitrogen and oxygen atoms in total. The first-order valence-corrected chi connectivity index (χ1v) is 13.8. The number of rotatable bonds is 2. The monoisotopic (exact) mass is 456 g/mol. The highest BCUT2D eigenvalue weighted by Crippen LogP contribution is 2.73. The quantitative estimate of drug-likeness (QED) is 0.469. The molecule has 8 atom stereocenters. The first kappa shape index (κ1) is 24.0. The molecule has 0 spiro atoms. The molecular weight excluding hydrogens is 408 g/mol. The Bertz CT molecular complexity index is 841. The fourth-order valence-corrected chi connectivity index (χ4v) is 9.97. The lowest BCUT2D eigenvalue weighted by Crippen LogP contribution is -2.57. The Morgan fingerprint density at radius 3 is 2.33 bits per heavy atom. The molecule has 0 aromatic rings. The van der Waals surface area contributed by atoms with E-state index in [0.29, 0.717) is 40.3 Å². The van der Waals surface area contributed by atoms with Gasteiger partial charge in [-0.2, -0.15) is 0 Å². The van der Waals surface area contributed by atoms with Crippen molar-refractivity contribution in [3.63, 3.8) is 0 Å². The van der Waals surface area contributed by atoms with E-state index < -0.39 is 5.60 Å². The molecule has 4 aliphatic carbocycles. The van der Waals surface area contributed by atoms with Crippen LogP contribution in [0.2, 0.25) is 0 Å². The number of ether oxygens (including phenoxy) is 1. The predicted molar refractivity (Wildman–Crippen MR) is 133 cm³/mol. The Kier molecular flexibility index (Phi) is 5.40. The normalized spacial score (nSPS) is 49.6. The SMILES string of the molecule is CC(C)(O)[C@H]1CC[C@H]([C@@H]2CC[C@]3(C)C4CC[C@@H]5C(C)(C)C(=O)CC[C@]5(C)C4=CC[C@]23C)CO1. The molecule has 1 N–H and O–H groups in total. The van der Waals surface area contributed by atoms with Crippen molar-refractivity contribution >= 4 is 5.78 Å². The second kappa shape index (κ2) is 7.42. The minimum atomic E-state index is -0.745. The number of ketones is 1. The largest absolute Gasteiger partial charge is 0.388 e. The van der Waals surface area contributed by atoms with Crippen molar-refractivity contribution in [2.45, 2.75) is 118 Å². The van der Waals surface area contributed by atoms with E-state index >= 15 is 0 Å². The van der Waals surface area contributed by atoms with Crippen LogP contribution in [-0.2, 0) is 9.53 Å². The molecule has 186 valence electrons. The lowest BCUT2D eigenvalue weighted by Gasteiger charge is -2.63. The second-order valence-corrected chi connectivity index (χ2v) is 14.4. The molecule has 5 aliphatic rings. The van der Waals surface area contributed by atoms with E-state index in [2.05, 4.69) is 40.7 Å². The van der Waals surface area contributed by atoms with Crippen LogP contribution in [0, 0.1) is 45.3 Å².